The van der Waals surface area contributed by atoms with E-state index in [2.05, 4.69) is 60.7 Å². The predicted octanol–water partition coefficient (Wildman–Crippen LogP) is 7.19. The molecule has 0 radical (unpaired) electrons. The van der Waals surface area contributed by atoms with E-state index in [4.69, 9.17) is 58.0 Å². The molecule has 0 aliphatic rings. The molecule has 6 heteroatoms. The van der Waals surface area contributed by atoms with Crippen molar-refractivity contribution in [2.75, 3.05) is 0 Å². The molecule has 5 rings (SSSR count). The molecule has 180 valence electrons. The van der Waals surface area contributed by atoms with E-state index in [9.17, 15) is 0 Å². The topological polar surface area (TPSA) is 0 Å². The Labute approximate surface area is 237 Å². The summed E-state index contributed by atoms with van der Waals surface area (Å²) in [5, 5.41) is 3.37. The van der Waals surface area contributed by atoms with Crippen LogP contribution < -0.4 is 17.6 Å². The van der Waals surface area contributed by atoms with Gasteiger partial charge in [-0.15, -0.1) is 0 Å². The van der Waals surface area contributed by atoms with Crippen LogP contribution in [0.1, 0.15) is 0 Å². The van der Waals surface area contributed by atoms with Crippen molar-refractivity contribution in [3.8, 4) is 0 Å². The van der Waals surface area contributed by atoms with Gasteiger partial charge in [0.25, 0.3) is 0 Å². The predicted molar refractivity (Wildman–Crippen MR) is 161 cm³/mol. The van der Waals surface area contributed by atoms with Gasteiger partial charge in [0.05, 0.1) is 0 Å². The Balaban J connectivity index is 2.12. The first-order chi connectivity index (χ1) is 17.3. The molecule has 0 aliphatic heterocycles. The second-order valence-electron chi connectivity index (χ2n) is 8.50. The van der Waals surface area contributed by atoms with Gasteiger partial charge >= 0.3 is 239 Å². The van der Waals surface area contributed by atoms with E-state index in [0.29, 0.717) is 25.1 Å². The van der Waals surface area contributed by atoms with Crippen molar-refractivity contribution in [2.45, 2.75) is 0 Å². The number of rotatable bonds is 5. The zero-order valence-corrected chi connectivity index (χ0v) is 25.2. The molecular weight excluding hydrogens is 659 g/mol. The first-order valence-electron chi connectivity index (χ1n) is 11.2. The quantitative estimate of drug-likeness (QED) is 0.173. The fourth-order valence-corrected chi connectivity index (χ4v) is 25.0. The summed E-state index contributed by atoms with van der Waals surface area (Å²) < 4.78 is 5.91. The zero-order valence-electron chi connectivity index (χ0n) is 18.9. The summed E-state index contributed by atoms with van der Waals surface area (Å²) in [4.78, 5) is 0. The van der Waals surface area contributed by atoms with Gasteiger partial charge in [-0.05, 0) is 0 Å². The molecule has 0 bridgehead atoms. The molecule has 5 aromatic carbocycles. The first-order valence-corrected chi connectivity index (χ1v) is 19.4. The van der Waals surface area contributed by atoms with Crippen molar-refractivity contribution < 1.29 is 0 Å². The van der Waals surface area contributed by atoms with Gasteiger partial charge in [0.2, 0.25) is 0 Å². The van der Waals surface area contributed by atoms with E-state index in [0.717, 1.165) is 0 Å². The molecule has 0 nitrogen and oxygen atoms in total. The van der Waals surface area contributed by atoms with Gasteiger partial charge in [-0.3, -0.25) is 0 Å². The average molecular weight is 680 g/mol. The Hall–Kier alpha value is -1.63. The van der Waals surface area contributed by atoms with E-state index in [1.165, 1.54) is 17.6 Å². The van der Waals surface area contributed by atoms with Crippen LogP contribution in [0.3, 0.4) is 0 Å². The van der Waals surface area contributed by atoms with Gasteiger partial charge in [-0.1, -0.05) is 0 Å². The summed E-state index contributed by atoms with van der Waals surface area (Å²) in [7, 11) is 0. The minimum absolute atomic E-state index is 0.673. The number of hydrogen-bond donors (Lipinski definition) is 0. The molecule has 0 aromatic heterocycles. The molecule has 0 aliphatic carbocycles. The van der Waals surface area contributed by atoms with Gasteiger partial charge in [0, 0.05) is 0 Å². The molecule has 0 atom stereocenters. The van der Waals surface area contributed by atoms with Crippen LogP contribution in [0.4, 0.5) is 0 Å². The first kappa shape index (κ1) is 26.0. The van der Waals surface area contributed by atoms with E-state index < -0.39 is 17.4 Å². The summed E-state index contributed by atoms with van der Waals surface area (Å²) in [6.45, 7) is 0. The van der Waals surface area contributed by atoms with Crippen LogP contribution in [-0.4, -0.2) is 17.4 Å². The SMILES string of the molecule is Clc1cc[c]([Sb]([c]2ccc(Cl)cc2)([c]2ccc(Cl)cc2)([c]2ccc(Cl)cc2)[c]2ccc(Cl)cc2)cc1. The second-order valence-corrected chi connectivity index (χ2v) is 24.4. The molecule has 5 aromatic rings. The minimum atomic E-state index is -4.90. The van der Waals surface area contributed by atoms with E-state index in [1.807, 2.05) is 60.7 Å². The Morgan fingerprint density at radius 1 is 0.250 bits per heavy atom. The third kappa shape index (κ3) is 4.08. The molecule has 0 unspecified atom stereocenters. The van der Waals surface area contributed by atoms with Crippen LogP contribution in [0, 0.1) is 0 Å². The summed E-state index contributed by atoms with van der Waals surface area (Å²) in [5.41, 5.74) is 0. The molecule has 36 heavy (non-hydrogen) atoms. The van der Waals surface area contributed by atoms with Crippen LogP contribution in [0.25, 0.3) is 0 Å². The van der Waals surface area contributed by atoms with Gasteiger partial charge in [-0.2, -0.15) is 0 Å². The number of benzene rings is 5. The molecule has 0 saturated heterocycles. The Kier molecular flexibility index (Phi) is 7.41. The van der Waals surface area contributed by atoms with Crippen LogP contribution in [-0.2, 0) is 0 Å². The second kappa shape index (κ2) is 10.3. The molecule has 0 heterocycles. The van der Waals surface area contributed by atoms with Crippen molar-refractivity contribution in [1.29, 1.82) is 0 Å². The molecule has 0 N–H and O–H groups in total. The molecule has 0 saturated carbocycles. The normalized spacial score (nSPS) is 12.6. The van der Waals surface area contributed by atoms with Crippen molar-refractivity contribution in [2.24, 2.45) is 0 Å². The maximum atomic E-state index is 6.43. The van der Waals surface area contributed by atoms with E-state index in [-0.39, 0.29) is 0 Å². The fourth-order valence-electron chi connectivity index (χ4n) is 5.19. The average Bonchev–Trinajstić information content (AvgIpc) is 2.89. The van der Waals surface area contributed by atoms with Crippen molar-refractivity contribution in [3.05, 3.63) is 146 Å². The number of halogens is 5. The summed E-state index contributed by atoms with van der Waals surface area (Å²) >= 11 is 27.2. The molecular formula is C30H20Cl5Sb. The van der Waals surface area contributed by atoms with Gasteiger partial charge in [0.15, 0.2) is 0 Å². The monoisotopic (exact) mass is 676 g/mol. The van der Waals surface area contributed by atoms with E-state index >= 15 is 0 Å². The third-order valence-electron chi connectivity index (χ3n) is 6.72. The zero-order chi connectivity index (χ0) is 25.4. The van der Waals surface area contributed by atoms with Crippen LogP contribution in [0.2, 0.25) is 25.1 Å². The third-order valence-corrected chi connectivity index (χ3v) is 27.0. The molecule has 0 spiro atoms. The Morgan fingerprint density at radius 3 is 0.528 bits per heavy atom. The fraction of sp³-hybridized carbons (Fsp3) is 0. The Morgan fingerprint density at radius 2 is 0.389 bits per heavy atom. The van der Waals surface area contributed by atoms with Gasteiger partial charge < -0.3 is 0 Å². The van der Waals surface area contributed by atoms with Crippen molar-refractivity contribution in [3.63, 3.8) is 0 Å². The summed E-state index contributed by atoms with van der Waals surface area (Å²) in [6.07, 6.45) is 0. The van der Waals surface area contributed by atoms with Crippen LogP contribution in [0.5, 0.6) is 0 Å². The Bertz CT molecular complexity index is 1210. The van der Waals surface area contributed by atoms with Crippen molar-refractivity contribution in [1.82, 2.24) is 0 Å². The molecule has 0 amide bonds. The van der Waals surface area contributed by atoms with Gasteiger partial charge in [0.1, 0.15) is 0 Å². The number of hydrogen-bond acceptors (Lipinski definition) is 0. The van der Waals surface area contributed by atoms with Crippen molar-refractivity contribution >= 4 is 93.0 Å². The summed E-state index contributed by atoms with van der Waals surface area (Å²) in [5.74, 6) is 0. The van der Waals surface area contributed by atoms with Crippen LogP contribution >= 0.6 is 58.0 Å². The maximum absolute atomic E-state index is 6.43. The molecule has 0 fully saturated rings. The van der Waals surface area contributed by atoms with Gasteiger partial charge in [-0.25, -0.2) is 0 Å². The van der Waals surface area contributed by atoms with Crippen LogP contribution in [0.15, 0.2) is 121 Å². The standard InChI is InChI=1S/5C6H4Cl.Sb/c5*7-6-4-2-1-3-5-6;/h5*2-5H;. The summed E-state index contributed by atoms with van der Waals surface area (Å²) in [6, 6.07) is 41.1. The van der Waals surface area contributed by atoms with E-state index in [1.54, 1.807) is 0 Å².